The fraction of sp³-hybridized carbons (Fsp3) is 0.296. The molecule has 0 amide bonds. The summed E-state index contributed by atoms with van der Waals surface area (Å²) >= 11 is 0. The molecule has 7 aromatic carbocycles. The molecule has 0 aliphatic rings. The molecule has 0 aliphatic heterocycles. The molecule has 0 bridgehead atoms. The first kappa shape index (κ1) is 55.0. The minimum absolute atomic E-state index is 0. The molecule has 0 unspecified atom stereocenters. The van der Waals surface area contributed by atoms with E-state index in [1.165, 1.54) is 44.6 Å². The molecule has 3 heterocycles. The predicted molar refractivity (Wildman–Crippen MR) is 314 cm³/mol. The van der Waals surface area contributed by atoms with E-state index in [0.29, 0.717) is 11.5 Å². The topological polar surface area (TPSA) is 35.9 Å². The Bertz CT molecular complexity index is 3680. The largest absolute Gasteiger partial charge is 0.510 e. The Balaban J connectivity index is 0.00000722. The van der Waals surface area contributed by atoms with Crippen molar-refractivity contribution in [3.8, 4) is 28.7 Å². The van der Waals surface area contributed by atoms with Crippen LogP contribution in [-0.4, -0.2) is 14.1 Å². The van der Waals surface area contributed by atoms with Crippen molar-refractivity contribution in [1.82, 2.24) is 14.1 Å². The number of ether oxygens (including phenoxy) is 1. The fourth-order valence-electron chi connectivity index (χ4n) is 11.0. The summed E-state index contributed by atoms with van der Waals surface area (Å²) in [5.41, 5.74) is 13.4. The SMILES string of the molecule is CC(C)(C)c1ccc2c3ccc(Oc4[c-]c(-n5[c-][n+](-c6cc(C(C)(C)c7ccccc7)cc(C(C)(C)c7ccccc7)c6)c(C(C)(C)C)c5C(C)(C)C)ccc4)[c-]c3n(-c3cc(C(C)(C)c4ccccc4)ccn3)c2c1.[Pt]. The Kier molecular flexibility index (Phi) is 14.4. The maximum atomic E-state index is 6.88. The van der Waals surface area contributed by atoms with Crippen LogP contribution in [-0.2, 0) is 53.6 Å². The zero-order valence-corrected chi connectivity index (χ0v) is 50.0. The molecule has 0 saturated heterocycles. The van der Waals surface area contributed by atoms with Crippen molar-refractivity contribution in [3.05, 3.63) is 245 Å². The number of rotatable bonds is 11. The molecule has 10 aromatic rings. The predicted octanol–water partition coefficient (Wildman–Crippen LogP) is 17.3. The van der Waals surface area contributed by atoms with Gasteiger partial charge in [0, 0.05) is 60.5 Å². The second kappa shape index (κ2) is 20.2. The van der Waals surface area contributed by atoms with Gasteiger partial charge in [-0.2, -0.15) is 18.2 Å². The Morgan fingerprint density at radius 1 is 0.442 bits per heavy atom. The second-order valence-corrected chi connectivity index (χ2v) is 25.5. The number of imidazole rings is 1. The van der Waals surface area contributed by atoms with Gasteiger partial charge in [-0.25, -0.2) is 4.98 Å². The van der Waals surface area contributed by atoms with Crippen molar-refractivity contribution in [2.45, 2.75) is 136 Å². The first-order chi connectivity index (χ1) is 35.8. The van der Waals surface area contributed by atoms with E-state index in [1.807, 2.05) is 18.3 Å². The van der Waals surface area contributed by atoms with Crippen LogP contribution in [0.5, 0.6) is 11.5 Å². The van der Waals surface area contributed by atoms with Crippen LogP contribution in [0.15, 0.2) is 176 Å². The summed E-state index contributed by atoms with van der Waals surface area (Å²) in [5, 5.41) is 2.22. The normalized spacial score (nSPS) is 12.8. The summed E-state index contributed by atoms with van der Waals surface area (Å²) in [5.74, 6) is 2.01. The van der Waals surface area contributed by atoms with Gasteiger partial charge in [0.05, 0.1) is 17.1 Å². The minimum atomic E-state index is -0.292. The van der Waals surface area contributed by atoms with Crippen molar-refractivity contribution in [3.63, 3.8) is 0 Å². The molecule has 77 heavy (non-hydrogen) atoms. The van der Waals surface area contributed by atoms with E-state index >= 15 is 0 Å². The summed E-state index contributed by atoms with van der Waals surface area (Å²) in [6.45, 7) is 34.5. The van der Waals surface area contributed by atoms with Crippen LogP contribution in [0.3, 0.4) is 0 Å². The maximum absolute atomic E-state index is 6.88. The minimum Gasteiger partial charge on any atom is -0.510 e. The average Bonchev–Trinajstić information content (AvgIpc) is 3.97. The van der Waals surface area contributed by atoms with Gasteiger partial charge in [0.2, 0.25) is 0 Å². The Morgan fingerprint density at radius 2 is 0.974 bits per heavy atom. The third kappa shape index (κ3) is 10.4. The van der Waals surface area contributed by atoms with E-state index in [0.717, 1.165) is 44.7 Å². The van der Waals surface area contributed by atoms with Gasteiger partial charge in [0.15, 0.2) is 0 Å². The molecule has 0 aliphatic carbocycles. The van der Waals surface area contributed by atoms with E-state index in [2.05, 4.69) is 294 Å². The molecular formula is C71H74N4OPt-2. The molecule has 0 fully saturated rings. The van der Waals surface area contributed by atoms with Gasteiger partial charge in [0.25, 0.3) is 6.33 Å². The van der Waals surface area contributed by atoms with Gasteiger partial charge in [-0.1, -0.05) is 219 Å². The first-order valence-corrected chi connectivity index (χ1v) is 27.0. The molecule has 0 radical (unpaired) electrons. The molecule has 396 valence electrons. The van der Waals surface area contributed by atoms with Crippen molar-refractivity contribution in [2.24, 2.45) is 0 Å². The zero-order valence-electron chi connectivity index (χ0n) is 47.8. The van der Waals surface area contributed by atoms with Gasteiger partial charge in [-0.15, -0.1) is 29.7 Å². The third-order valence-electron chi connectivity index (χ3n) is 15.8. The summed E-state index contributed by atoms with van der Waals surface area (Å²) in [6, 6.07) is 68.6. The van der Waals surface area contributed by atoms with Crippen LogP contribution in [0.25, 0.3) is 39.0 Å². The average molecular weight is 1190 g/mol. The molecule has 0 saturated carbocycles. The van der Waals surface area contributed by atoms with Crippen LogP contribution in [0.4, 0.5) is 0 Å². The van der Waals surface area contributed by atoms with Crippen LogP contribution in [0, 0.1) is 18.5 Å². The molecule has 6 heteroatoms. The quantitative estimate of drug-likeness (QED) is 0.0956. The van der Waals surface area contributed by atoms with Crippen LogP contribution < -0.4 is 9.30 Å². The van der Waals surface area contributed by atoms with Gasteiger partial charge < -0.3 is 13.9 Å². The number of hydrogen-bond donors (Lipinski definition) is 0. The van der Waals surface area contributed by atoms with Crippen LogP contribution in [0.1, 0.15) is 154 Å². The van der Waals surface area contributed by atoms with Crippen molar-refractivity contribution in [1.29, 1.82) is 0 Å². The molecule has 5 nitrogen and oxygen atoms in total. The Labute approximate surface area is 473 Å². The number of benzene rings is 7. The van der Waals surface area contributed by atoms with E-state index in [4.69, 9.17) is 9.72 Å². The van der Waals surface area contributed by atoms with Crippen LogP contribution >= 0.6 is 0 Å². The number of aromatic nitrogens is 4. The van der Waals surface area contributed by atoms with Gasteiger partial charge in [0.1, 0.15) is 5.82 Å². The van der Waals surface area contributed by atoms with Crippen LogP contribution in [0.2, 0.25) is 0 Å². The van der Waals surface area contributed by atoms with Crippen molar-refractivity contribution in [2.75, 3.05) is 0 Å². The van der Waals surface area contributed by atoms with E-state index in [9.17, 15) is 0 Å². The Hall–Kier alpha value is -6.81. The monoisotopic (exact) mass is 1190 g/mol. The number of nitrogens with zero attached hydrogens (tertiary/aromatic N) is 4. The maximum Gasteiger partial charge on any atom is 0.267 e. The van der Waals surface area contributed by atoms with E-state index < -0.39 is 0 Å². The molecule has 10 rings (SSSR count). The molecule has 0 atom stereocenters. The first-order valence-electron chi connectivity index (χ1n) is 27.0. The molecular weight excluding hydrogens is 1120 g/mol. The standard InChI is InChI=1S/C71H74N4O.Pt/c1-66(2,3)51-34-36-59-60-37-35-58(46-62(60)75(61(59)43-51)63-44-52(38-39-72-63)69(10,11)48-26-19-16-20-27-48)76-57-33-25-32-55(45-57)73-47-74(65(68(7,8)9)64(73)67(4,5)6)56-41-53(70(12,13)49-28-21-17-22-29-49)40-54(42-56)71(14,15)50-30-23-18-24-31-50;/h16-44H,1-15H3;/q-2;. The van der Waals surface area contributed by atoms with Gasteiger partial charge >= 0.3 is 0 Å². The van der Waals surface area contributed by atoms with Crippen molar-refractivity contribution >= 4 is 21.8 Å². The molecule has 0 N–H and O–H groups in total. The zero-order chi connectivity index (χ0) is 54.2. The molecule has 3 aromatic heterocycles. The van der Waals surface area contributed by atoms with Crippen molar-refractivity contribution < 1.29 is 30.4 Å². The third-order valence-corrected chi connectivity index (χ3v) is 15.8. The fourth-order valence-corrected chi connectivity index (χ4v) is 11.0. The number of pyridine rings is 1. The van der Waals surface area contributed by atoms with Gasteiger partial charge in [-0.05, 0) is 96.6 Å². The molecule has 0 spiro atoms. The number of hydrogen-bond acceptors (Lipinski definition) is 2. The summed E-state index contributed by atoms with van der Waals surface area (Å²) in [4.78, 5) is 5.06. The summed E-state index contributed by atoms with van der Waals surface area (Å²) in [7, 11) is 0. The summed E-state index contributed by atoms with van der Waals surface area (Å²) < 4.78 is 13.7. The Morgan fingerprint density at radius 3 is 1.51 bits per heavy atom. The van der Waals surface area contributed by atoms with E-state index in [1.54, 1.807) is 0 Å². The number of fused-ring (bicyclic) bond motifs is 3. The second-order valence-electron chi connectivity index (χ2n) is 25.5. The van der Waals surface area contributed by atoms with Gasteiger partial charge in [-0.3, -0.25) is 4.57 Å². The summed E-state index contributed by atoms with van der Waals surface area (Å²) in [6.07, 6.45) is 5.90. The van der Waals surface area contributed by atoms with E-state index in [-0.39, 0.29) is 53.6 Å². The smallest absolute Gasteiger partial charge is 0.267 e.